The van der Waals surface area contributed by atoms with Crippen LogP contribution in [0.4, 0.5) is 0 Å². The summed E-state index contributed by atoms with van der Waals surface area (Å²) in [5, 5.41) is 5.63. The number of hydrogen-bond donors (Lipinski definition) is 1. The molecule has 4 unspecified atom stereocenters. The molecule has 21 heavy (non-hydrogen) atoms. The molecule has 1 aliphatic heterocycles. The van der Waals surface area contributed by atoms with Crippen molar-refractivity contribution < 1.29 is 4.79 Å². The average molecular weight is 306 g/mol. The highest BCUT2D eigenvalue weighted by Gasteiger charge is 2.40. The normalized spacial score (nSPS) is 33.6. The number of nitrogens with zero attached hydrogens (tertiary/aromatic N) is 1. The zero-order valence-electron chi connectivity index (χ0n) is 13.0. The van der Waals surface area contributed by atoms with E-state index < -0.39 is 0 Å². The fourth-order valence-electron chi connectivity index (χ4n) is 3.77. The van der Waals surface area contributed by atoms with Crippen LogP contribution in [0.25, 0.3) is 0 Å². The first kappa shape index (κ1) is 15.0. The van der Waals surface area contributed by atoms with Crippen LogP contribution < -0.4 is 5.32 Å². The molecular weight excluding hydrogens is 280 g/mol. The Labute approximate surface area is 131 Å². The SMILES string of the molecule is CCC1NC(c2cccs2)N(CC2CCCCC2C)C1=O. The van der Waals surface area contributed by atoms with Gasteiger partial charge in [0.05, 0.1) is 6.04 Å². The number of carbonyl (C=O) groups excluding carboxylic acids is 1. The van der Waals surface area contributed by atoms with Crippen LogP contribution in [-0.4, -0.2) is 23.4 Å². The van der Waals surface area contributed by atoms with E-state index in [1.165, 1.54) is 30.6 Å². The fraction of sp³-hybridized carbons (Fsp3) is 0.706. The van der Waals surface area contributed by atoms with E-state index in [1.807, 2.05) is 0 Å². The van der Waals surface area contributed by atoms with Gasteiger partial charge in [0.25, 0.3) is 0 Å². The zero-order valence-corrected chi connectivity index (χ0v) is 13.9. The molecule has 2 aliphatic rings. The molecule has 0 radical (unpaired) electrons. The van der Waals surface area contributed by atoms with E-state index in [9.17, 15) is 4.79 Å². The molecule has 1 aliphatic carbocycles. The molecule has 0 spiro atoms. The van der Waals surface area contributed by atoms with Crippen molar-refractivity contribution in [2.45, 2.75) is 58.2 Å². The van der Waals surface area contributed by atoms with Gasteiger partial charge in [-0.2, -0.15) is 0 Å². The smallest absolute Gasteiger partial charge is 0.241 e. The minimum Gasteiger partial charge on any atom is -0.320 e. The molecule has 0 bridgehead atoms. The van der Waals surface area contributed by atoms with Gasteiger partial charge in [-0.05, 0) is 36.1 Å². The Morgan fingerprint density at radius 1 is 1.38 bits per heavy atom. The quantitative estimate of drug-likeness (QED) is 0.918. The molecule has 2 heterocycles. The summed E-state index contributed by atoms with van der Waals surface area (Å²) < 4.78 is 0. The summed E-state index contributed by atoms with van der Waals surface area (Å²) in [4.78, 5) is 16.1. The van der Waals surface area contributed by atoms with Gasteiger partial charge in [-0.3, -0.25) is 10.1 Å². The highest BCUT2D eigenvalue weighted by molar-refractivity contribution is 7.10. The molecule has 4 heteroatoms. The van der Waals surface area contributed by atoms with Gasteiger partial charge in [0, 0.05) is 11.4 Å². The van der Waals surface area contributed by atoms with Crippen molar-refractivity contribution in [1.29, 1.82) is 0 Å². The lowest BCUT2D eigenvalue weighted by Crippen LogP contribution is -2.37. The lowest BCUT2D eigenvalue weighted by atomic mass is 9.80. The molecule has 1 saturated heterocycles. The van der Waals surface area contributed by atoms with Gasteiger partial charge >= 0.3 is 0 Å². The highest BCUT2D eigenvalue weighted by atomic mass is 32.1. The molecule has 3 rings (SSSR count). The Balaban J connectivity index is 1.77. The zero-order chi connectivity index (χ0) is 14.8. The van der Waals surface area contributed by atoms with Gasteiger partial charge < -0.3 is 4.90 Å². The first-order valence-corrected chi connectivity index (χ1v) is 9.18. The first-order valence-electron chi connectivity index (χ1n) is 8.30. The molecule has 1 N–H and O–H groups in total. The summed E-state index contributed by atoms with van der Waals surface area (Å²) in [5.74, 6) is 1.72. The van der Waals surface area contributed by atoms with E-state index in [-0.39, 0.29) is 12.2 Å². The van der Waals surface area contributed by atoms with Gasteiger partial charge in [-0.1, -0.05) is 39.2 Å². The van der Waals surface area contributed by atoms with E-state index in [1.54, 1.807) is 11.3 Å². The summed E-state index contributed by atoms with van der Waals surface area (Å²) in [5.41, 5.74) is 0. The number of amides is 1. The standard InChI is InChI=1S/C17H26N2OS/c1-3-14-17(20)19(11-13-8-5-4-7-12(13)2)16(18-14)15-9-6-10-21-15/h6,9-10,12-14,16,18H,3-5,7-8,11H2,1-2H3. The largest absolute Gasteiger partial charge is 0.320 e. The Bertz CT molecular complexity index is 473. The van der Waals surface area contributed by atoms with Gasteiger partial charge in [0.15, 0.2) is 0 Å². The minimum atomic E-state index is -0.00371. The summed E-state index contributed by atoms with van der Waals surface area (Å²) >= 11 is 1.74. The van der Waals surface area contributed by atoms with Crippen LogP contribution in [-0.2, 0) is 4.79 Å². The van der Waals surface area contributed by atoms with Crippen molar-refractivity contribution >= 4 is 17.2 Å². The van der Waals surface area contributed by atoms with Gasteiger partial charge in [0.1, 0.15) is 6.17 Å². The maximum Gasteiger partial charge on any atom is 0.241 e. The highest BCUT2D eigenvalue weighted by Crippen LogP contribution is 2.35. The maximum absolute atomic E-state index is 12.7. The molecule has 0 aromatic carbocycles. The molecule has 2 fully saturated rings. The summed E-state index contributed by atoms with van der Waals surface area (Å²) in [6, 6.07) is 4.22. The fourth-order valence-corrected chi connectivity index (χ4v) is 4.56. The molecule has 116 valence electrons. The van der Waals surface area contributed by atoms with Crippen LogP contribution in [0.5, 0.6) is 0 Å². The predicted molar refractivity (Wildman–Crippen MR) is 87.1 cm³/mol. The van der Waals surface area contributed by atoms with E-state index in [2.05, 4.69) is 41.6 Å². The van der Waals surface area contributed by atoms with Gasteiger partial charge in [-0.25, -0.2) is 0 Å². The second kappa shape index (κ2) is 6.49. The number of nitrogens with one attached hydrogen (secondary N) is 1. The summed E-state index contributed by atoms with van der Waals surface area (Å²) in [6.45, 7) is 5.37. The first-order chi connectivity index (χ1) is 10.2. The van der Waals surface area contributed by atoms with Gasteiger partial charge in [0.2, 0.25) is 5.91 Å². The second-order valence-electron chi connectivity index (χ2n) is 6.56. The van der Waals surface area contributed by atoms with Crippen molar-refractivity contribution in [1.82, 2.24) is 10.2 Å². The lowest BCUT2D eigenvalue weighted by Gasteiger charge is -2.34. The lowest BCUT2D eigenvalue weighted by molar-refractivity contribution is -0.131. The molecule has 1 saturated carbocycles. The predicted octanol–water partition coefficient (Wildman–Crippen LogP) is 3.78. The van der Waals surface area contributed by atoms with Crippen LogP contribution in [0.15, 0.2) is 17.5 Å². The molecule has 4 atom stereocenters. The molecule has 3 nitrogen and oxygen atoms in total. The number of hydrogen-bond acceptors (Lipinski definition) is 3. The van der Waals surface area contributed by atoms with Crippen molar-refractivity contribution in [2.24, 2.45) is 11.8 Å². The molecular formula is C17H26N2OS. The topological polar surface area (TPSA) is 32.3 Å². The monoisotopic (exact) mass is 306 g/mol. The van der Waals surface area contributed by atoms with Crippen molar-refractivity contribution in [3.05, 3.63) is 22.4 Å². The second-order valence-corrected chi connectivity index (χ2v) is 7.54. The van der Waals surface area contributed by atoms with Crippen LogP contribution in [0, 0.1) is 11.8 Å². The van der Waals surface area contributed by atoms with Gasteiger partial charge in [-0.15, -0.1) is 11.3 Å². The Kier molecular flexibility index (Phi) is 4.65. The Hall–Kier alpha value is -0.870. The number of rotatable bonds is 4. The maximum atomic E-state index is 12.7. The number of carbonyl (C=O) groups is 1. The van der Waals surface area contributed by atoms with E-state index >= 15 is 0 Å². The third-order valence-electron chi connectivity index (χ3n) is 5.19. The van der Waals surface area contributed by atoms with Crippen molar-refractivity contribution in [2.75, 3.05) is 6.54 Å². The molecule has 1 aromatic heterocycles. The minimum absolute atomic E-state index is 0.00371. The third-order valence-corrected chi connectivity index (χ3v) is 6.12. The van der Waals surface area contributed by atoms with Crippen LogP contribution in [0.1, 0.15) is 57.0 Å². The summed E-state index contributed by atoms with van der Waals surface area (Å²) in [6.07, 6.45) is 6.25. The average Bonchev–Trinajstić information content (AvgIpc) is 3.11. The van der Waals surface area contributed by atoms with E-state index in [0.717, 1.165) is 18.9 Å². The van der Waals surface area contributed by atoms with Crippen molar-refractivity contribution in [3.8, 4) is 0 Å². The third kappa shape index (κ3) is 3.02. The van der Waals surface area contributed by atoms with E-state index in [4.69, 9.17) is 0 Å². The van der Waals surface area contributed by atoms with Crippen LogP contribution in [0.2, 0.25) is 0 Å². The Morgan fingerprint density at radius 3 is 2.86 bits per heavy atom. The van der Waals surface area contributed by atoms with E-state index in [0.29, 0.717) is 11.8 Å². The molecule has 1 aromatic rings. The van der Waals surface area contributed by atoms with Crippen LogP contribution in [0.3, 0.4) is 0 Å². The van der Waals surface area contributed by atoms with Crippen molar-refractivity contribution in [3.63, 3.8) is 0 Å². The summed E-state index contributed by atoms with van der Waals surface area (Å²) in [7, 11) is 0. The Morgan fingerprint density at radius 2 is 2.19 bits per heavy atom. The van der Waals surface area contributed by atoms with Crippen LogP contribution >= 0.6 is 11.3 Å². The molecule has 1 amide bonds. The number of thiophene rings is 1.